The standard InChI is InChI=1S/C21H23N5O2/c1-28-16-7-2-6-15(11-16)26-10-4-5-14(12-26)25-21-18-9-3-8-17(20(22)27)19(18)23-13-24-21/h2-3,6-9,11,13-14H,4-5,10,12H2,1H3,(H2,22,27)(H,23,24,25). The number of aromatic nitrogens is 2. The summed E-state index contributed by atoms with van der Waals surface area (Å²) >= 11 is 0. The van der Waals surface area contributed by atoms with E-state index in [-0.39, 0.29) is 6.04 Å². The first-order valence-corrected chi connectivity index (χ1v) is 9.35. The molecule has 7 heteroatoms. The van der Waals surface area contributed by atoms with Crippen molar-refractivity contribution in [1.29, 1.82) is 0 Å². The predicted molar refractivity (Wildman–Crippen MR) is 110 cm³/mol. The van der Waals surface area contributed by atoms with Gasteiger partial charge >= 0.3 is 0 Å². The van der Waals surface area contributed by atoms with Gasteiger partial charge in [-0.3, -0.25) is 4.79 Å². The molecule has 1 aliphatic rings. The smallest absolute Gasteiger partial charge is 0.250 e. The fourth-order valence-electron chi connectivity index (χ4n) is 3.73. The number of rotatable bonds is 5. The van der Waals surface area contributed by atoms with Crippen LogP contribution in [0, 0.1) is 0 Å². The van der Waals surface area contributed by atoms with Gasteiger partial charge in [0, 0.05) is 36.3 Å². The Morgan fingerprint density at radius 1 is 1.25 bits per heavy atom. The Morgan fingerprint density at radius 2 is 2.11 bits per heavy atom. The Balaban J connectivity index is 1.57. The van der Waals surface area contributed by atoms with Crippen molar-refractivity contribution in [2.24, 2.45) is 5.73 Å². The minimum absolute atomic E-state index is 0.232. The van der Waals surface area contributed by atoms with Crippen LogP contribution in [0.4, 0.5) is 11.5 Å². The van der Waals surface area contributed by atoms with E-state index in [4.69, 9.17) is 10.5 Å². The summed E-state index contributed by atoms with van der Waals surface area (Å²) < 4.78 is 5.35. The van der Waals surface area contributed by atoms with E-state index in [1.54, 1.807) is 19.2 Å². The Morgan fingerprint density at radius 3 is 2.93 bits per heavy atom. The van der Waals surface area contributed by atoms with Crippen molar-refractivity contribution in [2.45, 2.75) is 18.9 Å². The molecule has 3 N–H and O–H groups in total. The molecular formula is C21H23N5O2. The number of nitrogens with zero attached hydrogens (tertiary/aromatic N) is 3. The second kappa shape index (κ2) is 7.72. The van der Waals surface area contributed by atoms with Gasteiger partial charge in [-0.15, -0.1) is 0 Å². The van der Waals surface area contributed by atoms with E-state index < -0.39 is 5.91 Å². The highest BCUT2D eigenvalue weighted by atomic mass is 16.5. The monoisotopic (exact) mass is 377 g/mol. The number of anilines is 2. The van der Waals surface area contributed by atoms with E-state index in [9.17, 15) is 4.79 Å². The van der Waals surface area contributed by atoms with Gasteiger partial charge in [-0.25, -0.2) is 9.97 Å². The third-order valence-electron chi connectivity index (χ3n) is 5.11. The third kappa shape index (κ3) is 3.55. The van der Waals surface area contributed by atoms with Crippen LogP contribution < -0.4 is 20.7 Å². The Bertz CT molecular complexity index is 1010. The van der Waals surface area contributed by atoms with E-state index in [1.165, 1.54) is 6.33 Å². The van der Waals surface area contributed by atoms with Crippen molar-refractivity contribution in [3.05, 3.63) is 54.4 Å². The second-order valence-electron chi connectivity index (χ2n) is 6.92. The van der Waals surface area contributed by atoms with Gasteiger partial charge in [0.1, 0.15) is 17.9 Å². The molecule has 1 saturated heterocycles. The predicted octanol–water partition coefficient (Wildman–Crippen LogP) is 2.82. The Labute approximate surface area is 163 Å². The average Bonchev–Trinajstić information content (AvgIpc) is 2.74. The number of primary amides is 1. The molecule has 4 rings (SSSR count). The van der Waals surface area contributed by atoms with Gasteiger partial charge < -0.3 is 20.7 Å². The summed E-state index contributed by atoms with van der Waals surface area (Å²) in [5, 5.41) is 4.35. The zero-order valence-corrected chi connectivity index (χ0v) is 15.8. The maximum atomic E-state index is 11.7. The lowest BCUT2D eigenvalue weighted by Crippen LogP contribution is -2.42. The molecule has 0 radical (unpaired) electrons. The Kier molecular flexibility index (Phi) is 4.97. The number of carbonyl (C=O) groups excluding carboxylic acids is 1. The summed E-state index contributed by atoms with van der Waals surface area (Å²) in [6, 6.07) is 13.8. The number of piperidine rings is 1. The zero-order chi connectivity index (χ0) is 19.5. The molecule has 0 saturated carbocycles. The van der Waals surface area contributed by atoms with Gasteiger partial charge in [0.25, 0.3) is 5.91 Å². The number of amides is 1. The number of fused-ring (bicyclic) bond motifs is 1. The van der Waals surface area contributed by atoms with Crippen molar-refractivity contribution in [3.63, 3.8) is 0 Å². The SMILES string of the molecule is COc1cccc(N2CCCC(Nc3ncnc4c(C(N)=O)cccc34)C2)c1. The lowest BCUT2D eigenvalue weighted by molar-refractivity contribution is 0.100. The number of nitrogens with two attached hydrogens (primary N) is 1. The van der Waals surface area contributed by atoms with Crippen molar-refractivity contribution in [2.75, 3.05) is 30.4 Å². The molecule has 7 nitrogen and oxygen atoms in total. The van der Waals surface area contributed by atoms with Gasteiger partial charge in [0.2, 0.25) is 0 Å². The van der Waals surface area contributed by atoms with Crippen LogP contribution in [0.5, 0.6) is 5.75 Å². The molecule has 1 atom stereocenters. The molecule has 0 spiro atoms. The minimum atomic E-state index is -0.489. The van der Waals surface area contributed by atoms with Crippen molar-refractivity contribution in [1.82, 2.24) is 9.97 Å². The second-order valence-corrected chi connectivity index (χ2v) is 6.92. The molecule has 0 bridgehead atoms. The molecule has 28 heavy (non-hydrogen) atoms. The molecule has 1 aliphatic heterocycles. The van der Waals surface area contributed by atoms with Gasteiger partial charge in [-0.05, 0) is 37.1 Å². The number of para-hydroxylation sites is 1. The largest absolute Gasteiger partial charge is 0.497 e. The number of benzene rings is 2. The number of hydrogen-bond acceptors (Lipinski definition) is 6. The molecule has 1 unspecified atom stereocenters. The lowest BCUT2D eigenvalue weighted by atomic mass is 10.0. The quantitative estimate of drug-likeness (QED) is 0.710. The molecule has 1 aromatic heterocycles. The van der Waals surface area contributed by atoms with Crippen LogP contribution in [0.2, 0.25) is 0 Å². The molecule has 1 amide bonds. The van der Waals surface area contributed by atoms with E-state index in [0.717, 1.165) is 48.6 Å². The van der Waals surface area contributed by atoms with Gasteiger partial charge in [-0.1, -0.05) is 12.1 Å². The average molecular weight is 377 g/mol. The maximum Gasteiger partial charge on any atom is 0.250 e. The molecular weight excluding hydrogens is 354 g/mol. The zero-order valence-electron chi connectivity index (χ0n) is 15.8. The van der Waals surface area contributed by atoms with E-state index >= 15 is 0 Å². The molecule has 144 valence electrons. The first-order valence-electron chi connectivity index (χ1n) is 9.35. The minimum Gasteiger partial charge on any atom is -0.497 e. The number of hydrogen-bond donors (Lipinski definition) is 2. The van der Waals surface area contributed by atoms with Crippen molar-refractivity contribution in [3.8, 4) is 5.75 Å². The fourth-order valence-corrected chi connectivity index (χ4v) is 3.73. The van der Waals surface area contributed by atoms with Gasteiger partial charge in [-0.2, -0.15) is 0 Å². The van der Waals surface area contributed by atoms with Gasteiger partial charge in [0.05, 0.1) is 18.2 Å². The van der Waals surface area contributed by atoms with Crippen LogP contribution in [0.25, 0.3) is 10.9 Å². The molecule has 2 aromatic carbocycles. The first kappa shape index (κ1) is 18.0. The first-order chi connectivity index (χ1) is 13.7. The van der Waals surface area contributed by atoms with Crippen molar-refractivity contribution < 1.29 is 9.53 Å². The molecule has 2 heterocycles. The summed E-state index contributed by atoms with van der Waals surface area (Å²) in [5.74, 6) is 1.09. The van der Waals surface area contributed by atoms with Crippen LogP contribution in [0.3, 0.4) is 0 Å². The molecule has 1 fully saturated rings. The highest BCUT2D eigenvalue weighted by Gasteiger charge is 2.22. The Hall–Kier alpha value is -3.35. The number of carbonyl (C=O) groups is 1. The van der Waals surface area contributed by atoms with Crippen LogP contribution in [0.1, 0.15) is 23.2 Å². The van der Waals surface area contributed by atoms with Crippen LogP contribution in [0.15, 0.2) is 48.8 Å². The third-order valence-corrected chi connectivity index (χ3v) is 5.11. The topological polar surface area (TPSA) is 93.4 Å². The van der Waals surface area contributed by atoms with Gasteiger partial charge in [0.15, 0.2) is 0 Å². The lowest BCUT2D eigenvalue weighted by Gasteiger charge is -2.35. The normalized spacial score (nSPS) is 16.8. The summed E-state index contributed by atoms with van der Waals surface area (Å²) in [4.78, 5) is 22.7. The van der Waals surface area contributed by atoms with Crippen LogP contribution >= 0.6 is 0 Å². The van der Waals surface area contributed by atoms with E-state index in [0.29, 0.717) is 11.1 Å². The summed E-state index contributed by atoms with van der Waals surface area (Å²) in [5.41, 5.74) is 7.62. The van der Waals surface area contributed by atoms with E-state index in [1.807, 2.05) is 18.2 Å². The number of ether oxygens (including phenoxy) is 1. The highest BCUT2D eigenvalue weighted by Crippen LogP contribution is 2.27. The highest BCUT2D eigenvalue weighted by molar-refractivity contribution is 6.06. The van der Waals surface area contributed by atoms with Crippen molar-refractivity contribution >= 4 is 28.3 Å². The fraction of sp³-hybridized carbons (Fsp3) is 0.286. The van der Waals surface area contributed by atoms with E-state index in [2.05, 4.69) is 32.3 Å². The summed E-state index contributed by atoms with van der Waals surface area (Å²) in [6.45, 7) is 1.86. The summed E-state index contributed by atoms with van der Waals surface area (Å²) in [7, 11) is 1.68. The van der Waals surface area contributed by atoms with Crippen LogP contribution in [-0.2, 0) is 0 Å². The van der Waals surface area contributed by atoms with Crippen LogP contribution in [-0.4, -0.2) is 42.1 Å². The number of methoxy groups -OCH3 is 1. The maximum absolute atomic E-state index is 11.7. The molecule has 3 aromatic rings. The summed E-state index contributed by atoms with van der Waals surface area (Å²) in [6.07, 6.45) is 3.59. The molecule has 0 aliphatic carbocycles. The number of nitrogens with one attached hydrogen (secondary N) is 1.